The molecule has 0 radical (unpaired) electrons. The van der Waals surface area contributed by atoms with Gasteiger partial charge >= 0.3 is 5.97 Å². The molecule has 2 aliphatic rings. The van der Waals surface area contributed by atoms with Crippen LogP contribution in [0.25, 0.3) is 0 Å². The fourth-order valence-electron chi connectivity index (χ4n) is 3.98. The Morgan fingerprint density at radius 1 is 1.50 bits per heavy atom. The smallest absolute Gasteiger partial charge is 0.311 e. The Morgan fingerprint density at radius 2 is 2.25 bits per heavy atom. The molecule has 1 heterocycles. The molecule has 0 bridgehead atoms. The quantitative estimate of drug-likeness (QED) is 0.914. The van der Waals surface area contributed by atoms with Crippen LogP contribution >= 0.6 is 15.9 Å². The molecule has 4 heteroatoms. The second kappa shape index (κ2) is 5.15. The van der Waals surface area contributed by atoms with Gasteiger partial charge in [0.25, 0.3) is 0 Å². The summed E-state index contributed by atoms with van der Waals surface area (Å²) >= 11 is 3.60. The number of aliphatic carboxylic acids is 1. The van der Waals surface area contributed by atoms with Crippen molar-refractivity contribution in [1.29, 1.82) is 0 Å². The average molecular weight is 338 g/mol. The Bertz CT molecular complexity index is 533. The van der Waals surface area contributed by atoms with Crippen LogP contribution in [0, 0.1) is 11.3 Å². The number of likely N-dealkylation sites (tertiary alicyclic amines) is 1. The minimum Gasteiger partial charge on any atom is -0.481 e. The highest BCUT2D eigenvalue weighted by molar-refractivity contribution is 9.10. The monoisotopic (exact) mass is 337 g/mol. The molecule has 3 nitrogen and oxygen atoms in total. The third kappa shape index (κ3) is 2.09. The predicted molar refractivity (Wildman–Crippen MR) is 81.5 cm³/mol. The number of carboxylic acid groups (broad SMARTS) is 1. The third-order valence-corrected chi connectivity index (χ3v) is 5.95. The minimum atomic E-state index is -0.596. The molecule has 1 aliphatic heterocycles. The van der Waals surface area contributed by atoms with Crippen LogP contribution < -0.4 is 0 Å². The van der Waals surface area contributed by atoms with Crippen LogP contribution in [-0.2, 0) is 4.79 Å². The molecule has 20 heavy (non-hydrogen) atoms. The van der Waals surface area contributed by atoms with Crippen molar-refractivity contribution in [2.75, 3.05) is 13.1 Å². The number of carbonyl (C=O) groups is 1. The number of hydrogen-bond acceptors (Lipinski definition) is 2. The zero-order valence-corrected chi connectivity index (χ0v) is 13.3. The van der Waals surface area contributed by atoms with Gasteiger partial charge in [-0.3, -0.25) is 9.69 Å². The lowest BCUT2D eigenvalue weighted by atomic mass is 9.81. The Kier molecular flexibility index (Phi) is 3.63. The molecule has 0 spiro atoms. The molecule has 0 aromatic heterocycles. The number of benzene rings is 1. The standard InChI is InChI=1S/C16H20BrNO2/c1-11(13-6-2-3-7-14(13)17)18-9-12-5-4-8-16(12,10-18)15(19)20/h2-3,6-7,11-12H,4-5,8-10H2,1H3,(H,19,20)/t11?,12-,16+/m0/s1. The Hall–Kier alpha value is -0.870. The van der Waals surface area contributed by atoms with Crippen LogP contribution in [0.3, 0.4) is 0 Å². The Labute approximate surface area is 128 Å². The van der Waals surface area contributed by atoms with E-state index in [2.05, 4.69) is 39.9 Å². The van der Waals surface area contributed by atoms with Gasteiger partial charge in [-0.05, 0) is 37.3 Å². The van der Waals surface area contributed by atoms with E-state index in [9.17, 15) is 9.90 Å². The lowest BCUT2D eigenvalue weighted by molar-refractivity contribution is -0.149. The highest BCUT2D eigenvalue weighted by atomic mass is 79.9. The average Bonchev–Trinajstić information content (AvgIpc) is 2.96. The van der Waals surface area contributed by atoms with E-state index in [4.69, 9.17) is 0 Å². The topological polar surface area (TPSA) is 40.5 Å². The summed E-state index contributed by atoms with van der Waals surface area (Å²) in [6, 6.07) is 8.48. The maximum Gasteiger partial charge on any atom is 0.311 e. The third-order valence-electron chi connectivity index (χ3n) is 5.23. The van der Waals surface area contributed by atoms with E-state index in [-0.39, 0.29) is 6.04 Å². The van der Waals surface area contributed by atoms with Crippen molar-refractivity contribution in [3.05, 3.63) is 34.3 Å². The van der Waals surface area contributed by atoms with E-state index >= 15 is 0 Å². The van der Waals surface area contributed by atoms with E-state index in [1.54, 1.807) is 0 Å². The van der Waals surface area contributed by atoms with Crippen molar-refractivity contribution in [2.45, 2.75) is 32.2 Å². The molecule has 1 N–H and O–H groups in total. The van der Waals surface area contributed by atoms with Crippen LogP contribution in [0.4, 0.5) is 0 Å². The van der Waals surface area contributed by atoms with E-state index in [1.165, 1.54) is 5.56 Å². The molecule has 1 aliphatic carbocycles. The molecule has 1 unspecified atom stereocenters. The van der Waals surface area contributed by atoms with Gasteiger partial charge in [-0.2, -0.15) is 0 Å². The normalized spacial score (nSPS) is 31.2. The summed E-state index contributed by atoms with van der Waals surface area (Å²) in [5.74, 6) is -0.272. The van der Waals surface area contributed by atoms with Crippen molar-refractivity contribution >= 4 is 21.9 Å². The number of rotatable bonds is 3. The highest BCUT2D eigenvalue weighted by Crippen LogP contribution is 2.50. The summed E-state index contributed by atoms with van der Waals surface area (Å²) in [6.45, 7) is 3.78. The minimum absolute atomic E-state index is 0.257. The summed E-state index contributed by atoms with van der Waals surface area (Å²) in [6.07, 6.45) is 2.96. The summed E-state index contributed by atoms with van der Waals surface area (Å²) in [5.41, 5.74) is 0.753. The van der Waals surface area contributed by atoms with Crippen LogP contribution in [0.1, 0.15) is 37.8 Å². The van der Waals surface area contributed by atoms with Gasteiger partial charge in [-0.1, -0.05) is 40.5 Å². The van der Waals surface area contributed by atoms with E-state index in [0.717, 1.165) is 30.3 Å². The molecule has 1 aromatic rings. The van der Waals surface area contributed by atoms with Crippen molar-refractivity contribution in [1.82, 2.24) is 4.90 Å². The summed E-state index contributed by atoms with van der Waals surface area (Å²) in [5, 5.41) is 9.66. The van der Waals surface area contributed by atoms with E-state index < -0.39 is 11.4 Å². The van der Waals surface area contributed by atoms with Crippen molar-refractivity contribution in [2.24, 2.45) is 11.3 Å². The van der Waals surface area contributed by atoms with Gasteiger partial charge in [0.1, 0.15) is 0 Å². The molecular weight excluding hydrogens is 318 g/mol. The fraction of sp³-hybridized carbons (Fsp3) is 0.562. The number of fused-ring (bicyclic) bond motifs is 1. The zero-order chi connectivity index (χ0) is 14.3. The van der Waals surface area contributed by atoms with Crippen LogP contribution in [-0.4, -0.2) is 29.1 Å². The molecule has 108 valence electrons. The molecule has 1 aromatic carbocycles. The first-order valence-corrected chi connectivity index (χ1v) is 8.06. The summed E-state index contributed by atoms with van der Waals surface area (Å²) in [4.78, 5) is 14.1. The van der Waals surface area contributed by atoms with E-state index in [0.29, 0.717) is 12.5 Å². The van der Waals surface area contributed by atoms with Gasteiger partial charge in [0, 0.05) is 23.6 Å². The number of hydrogen-bond donors (Lipinski definition) is 1. The van der Waals surface area contributed by atoms with Gasteiger partial charge in [0.05, 0.1) is 5.41 Å². The van der Waals surface area contributed by atoms with Crippen molar-refractivity contribution in [3.63, 3.8) is 0 Å². The largest absolute Gasteiger partial charge is 0.481 e. The summed E-state index contributed by atoms with van der Waals surface area (Å²) < 4.78 is 1.11. The van der Waals surface area contributed by atoms with Crippen LogP contribution in [0.5, 0.6) is 0 Å². The van der Waals surface area contributed by atoms with Crippen LogP contribution in [0.15, 0.2) is 28.7 Å². The van der Waals surface area contributed by atoms with Gasteiger partial charge in [0.15, 0.2) is 0 Å². The second-order valence-corrected chi connectivity index (χ2v) is 7.03. The zero-order valence-electron chi connectivity index (χ0n) is 11.7. The number of halogens is 1. The SMILES string of the molecule is CC(c1ccccc1Br)N1C[C@@H]2CCC[C@@]2(C(=O)O)C1. The highest BCUT2D eigenvalue weighted by Gasteiger charge is 2.55. The van der Waals surface area contributed by atoms with Gasteiger partial charge in [-0.25, -0.2) is 0 Å². The van der Waals surface area contributed by atoms with Crippen LogP contribution in [0.2, 0.25) is 0 Å². The first-order valence-electron chi connectivity index (χ1n) is 7.26. The molecule has 3 rings (SSSR count). The van der Waals surface area contributed by atoms with E-state index in [1.807, 2.05) is 12.1 Å². The van der Waals surface area contributed by atoms with Gasteiger partial charge in [-0.15, -0.1) is 0 Å². The number of nitrogens with zero attached hydrogens (tertiary/aromatic N) is 1. The van der Waals surface area contributed by atoms with Gasteiger partial charge < -0.3 is 5.11 Å². The summed E-state index contributed by atoms with van der Waals surface area (Å²) in [7, 11) is 0. The molecule has 0 amide bonds. The fourth-order valence-corrected chi connectivity index (χ4v) is 4.60. The van der Waals surface area contributed by atoms with Gasteiger partial charge in [0.2, 0.25) is 0 Å². The first kappa shape index (κ1) is 14.1. The maximum atomic E-state index is 11.7. The molecule has 2 fully saturated rings. The van der Waals surface area contributed by atoms with Crippen molar-refractivity contribution < 1.29 is 9.90 Å². The Balaban J connectivity index is 1.84. The van der Waals surface area contributed by atoms with Crippen molar-refractivity contribution in [3.8, 4) is 0 Å². The Morgan fingerprint density at radius 3 is 2.90 bits per heavy atom. The lowest BCUT2D eigenvalue weighted by Gasteiger charge is -2.28. The molecular formula is C16H20BrNO2. The number of carboxylic acids is 1. The first-order chi connectivity index (χ1) is 9.54. The molecule has 1 saturated heterocycles. The molecule has 1 saturated carbocycles. The second-order valence-electron chi connectivity index (χ2n) is 6.18. The lowest BCUT2D eigenvalue weighted by Crippen LogP contribution is -2.36. The predicted octanol–water partition coefficient (Wildman–Crippen LogP) is 3.70. The molecule has 3 atom stereocenters. The maximum absolute atomic E-state index is 11.7.